The quantitative estimate of drug-likeness (QED) is 0.629. The van der Waals surface area contributed by atoms with Crippen molar-refractivity contribution in [3.05, 3.63) is 28.2 Å². The van der Waals surface area contributed by atoms with E-state index < -0.39 is 0 Å². The van der Waals surface area contributed by atoms with Gasteiger partial charge in [-0.1, -0.05) is 42.6 Å². The molecule has 0 saturated heterocycles. The number of benzene rings is 1. The highest BCUT2D eigenvalue weighted by Gasteiger charge is 2.24. The van der Waals surface area contributed by atoms with Gasteiger partial charge in [0.2, 0.25) is 0 Å². The van der Waals surface area contributed by atoms with E-state index in [9.17, 15) is 0 Å². The van der Waals surface area contributed by atoms with Gasteiger partial charge in [0.1, 0.15) is 0 Å². The Kier molecular flexibility index (Phi) is 5.58. The van der Waals surface area contributed by atoms with Crippen LogP contribution in [0.2, 0.25) is 0 Å². The molecule has 1 aliphatic rings. The van der Waals surface area contributed by atoms with Crippen molar-refractivity contribution >= 4 is 33.2 Å². The Morgan fingerprint density at radius 2 is 2.00 bits per heavy atom. The van der Waals surface area contributed by atoms with Crippen molar-refractivity contribution in [1.29, 1.82) is 0 Å². The molecule has 1 aromatic carbocycles. The first-order chi connectivity index (χ1) is 9.11. The van der Waals surface area contributed by atoms with Crippen molar-refractivity contribution in [1.82, 2.24) is 0 Å². The van der Waals surface area contributed by atoms with Crippen molar-refractivity contribution in [2.24, 2.45) is 5.92 Å². The van der Waals surface area contributed by atoms with Gasteiger partial charge < -0.3 is 4.90 Å². The monoisotopic (exact) mass is 343 g/mol. The van der Waals surface area contributed by atoms with Gasteiger partial charge in [-0.2, -0.15) is 0 Å². The molecular weight excluding hydrogens is 322 g/mol. The number of alkyl halides is 1. The summed E-state index contributed by atoms with van der Waals surface area (Å²) in [4.78, 5) is 2.60. The number of hydrogen-bond acceptors (Lipinski definition) is 1. The van der Waals surface area contributed by atoms with Gasteiger partial charge in [-0.3, -0.25) is 0 Å². The molecule has 1 saturated carbocycles. The van der Waals surface area contributed by atoms with Gasteiger partial charge in [-0.05, 0) is 42.5 Å². The molecule has 0 amide bonds. The molecule has 3 heteroatoms. The molecule has 1 aromatic rings. The van der Waals surface area contributed by atoms with Crippen LogP contribution in [-0.4, -0.2) is 12.6 Å². The zero-order valence-corrected chi connectivity index (χ0v) is 14.2. The lowest BCUT2D eigenvalue weighted by Crippen LogP contribution is -2.36. The third-order valence-corrected chi connectivity index (χ3v) is 4.60. The molecule has 1 aliphatic carbocycles. The number of anilines is 1. The van der Waals surface area contributed by atoms with Crippen LogP contribution in [0.1, 0.15) is 45.1 Å². The maximum Gasteiger partial charge on any atom is 0.0494 e. The van der Waals surface area contributed by atoms with E-state index >= 15 is 0 Å². The molecule has 0 spiro atoms. The molecule has 0 atom stereocenters. The first-order valence-electron chi connectivity index (χ1n) is 7.23. The highest BCUT2D eigenvalue weighted by molar-refractivity contribution is 9.10. The third kappa shape index (κ3) is 3.88. The minimum atomic E-state index is 0.579. The second-order valence-corrected chi connectivity index (χ2v) is 7.07. The lowest BCUT2D eigenvalue weighted by Gasteiger charge is -2.34. The summed E-state index contributed by atoms with van der Waals surface area (Å²) in [5, 5.41) is 0. The molecule has 0 radical (unpaired) electrons. The van der Waals surface area contributed by atoms with Crippen LogP contribution in [0, 0.1) is 5.92 Å². The predicted molar refractivity (Wildman–Crippen MR) is 88.1 cm³/mol. The smallest absolute Gasteiger partial charge is 0.0494 e. The Morgan fingerprint density at radius 3 is 2.58 bits per heavy atom. The molecule has 0 N–H and O–H groups in total. The maximum absolute atomic E-state index is 6.14. The van der Waals surface area contributed by atoms with E-state index in [4.69, 9.17) is 11.6 Å². The van der Waals surface area contributed by atoms with E-state index in [0.717, 1.165) is 11.0 Å². The number of rotatable bonds is 5. The highest BCUT2D eigenvalue weighted by Crippen LogP contribution is 2.33. The summed E-state index contributed by atoms with van der Waals surface area (Å²) in [6.07, 6.45) is 5.38. The zero-order valence-electron chi connectivity index (χ0n) is 11.8. The van der Waals surface area contributed by atoms with Gasteiger partial charge in [-0.15, -0.1) is 11.6 Å². The van der Waals surface area contributed by atoms with E-state index in [2.05, 4.69) is 52.9 Å². The minimum absolute atomic E-state index is 0.579. The van der Waals surface area contributed by atoms with Gasteiger partial charge in [-0.25, -0.2) is 0 Å². The molecule has 0 heterocycles. The van der Waals surface area contributed by atoms with E-state index in [-0.39, 0.29) is 0 Å². The van der Waals surface area contributed by atoms with Crippen molar-refractivity contribution < 1.29 is 0 Å². The highest BCUT2D eigenvalue weighted by atomic mass is 79.9. The summed E-state index contributed by atoms with van der Waals surface area (Å²) < 4.78 is 1.11. The summed E-state index contributed by atoms with van der Waals surface area (Å²) in [7, 11) is 0. The van der Waals surface area contributed by atoms with Crippen LogP contribution in [0.3, 0.4) is 0 Å². The molecule has 0 aromatic heterocycles. The van der Waals surface area contributed by atoms with Crippen LogP contribution in [0.4, 0.5) is 5.69 Å². The second-order valence-electron chi connectivity index (χ2n) is 5.89. The number of hydrogen-bond donors (Lipinski definition) is 0. The Balaban J connectivity index is 2.30. The van der Waals surface area contributed by atoms with E-state index in [1.165, 1.54) is 36.9 Å². The molecular formula is C16H23BrClN. The summed E-state index contributed by atoms with van der Waals surface area (Å²) in [6.45, 7) is 5.71. The fourth-order valence-electron chi connectivity index (χ4n) is 2.99. The van der Waals surface area contributed by atoms with Crippen molar-refractivity contribution in [2.45, 2.75) is 51.5 Å². The minimum Gasteiger partial charge on any atom is -0.368 e. The molecule has 2 rings (SSSR count). The van der Waals surface area contributed by atoms with Crippen LogP contribution in [0.15, 0.2) is 22.7 Å². The predicted octanol–water partition coefficient (Wildman–Crippen LogP) is 5.59. The van der Waals surface area contributed by atoms with Crippen molar-refractivity contribution in [3.8, 4) is 0 Å². The number of nitrogens with zero attached hydrogens (tertiary/aromatic N) is 1. The Hall–Kier alpha value is -0.210. The first-order valence-corrected chi connectivity index (χ1v) is 8.55. The molecule has 0 aliphatic heterocycles. The average molecular weight is 345 g/mol. The molecule has 1 nitrogen and oxygen atoms in total. The van der Waals surface area contributed by atoms with E-state index in [0.29, 0.717) is 17.8 Å². The maximum atomic E-state index is 6.14. The first kappa shape index (κ1) is 15.2. The molecule has 19 heavy (non-hydrogen) atoms. The van der Waals surface area contributed by atoms with Crippen molar-refractivity contribution in [2.75, 3.05) is 11.4 Å². The molecule has 1 fully saturated rings. The van der Waals surface area contributed by atoms with Crippen LogP contribution < -0.4 is 4.90 Å². The van der Waals surface area contributed by atoms with Crippen LogP contribution in [-0.2, 0) is 5.88 Å². The van der Waals surface area contributed by atoms with Crippen molar-refractivity contribution in [3.63, 3.8) is 0 Å². The fourth-order valence-corrected chi connectivity index (χ4v) is 3.62. The zero-order chi connectivity index (χ0) is 13.8. The van der Waals surface area contributed by atoms with Crippen LogP contribution >= 0.6 is 27.5 Å². The topological polar surface area (TPSA) is 3.24 Å². The summed E-state index contributed by atoms with van der Waals surface area (Å²) in [6, 6.07) is 7.21. The summed E-state index contributed by atoms with van der Waals surface area (Å²) in [5.41, 5.74) is 2.57. The Morgan fingerprint density at radius 1 is 1.32 bits per heavy atom. The van der Waals surface area contributed by atoms with E-state index in [1.54, 1.807) is 0 Å². The largest absolute Gasteiger partial charge is 0.368 e. The molecule has 106 valence electrons. The third-order valence-electron chi connectivity index (χ3n) is 3.82. The normalized spacial score (nSPS) is 16.3. The Labute approximate surface area is 130 Å². The van der Waals surface area contributed by atoms with E-state index in [1.807, 2.05) is 0 Å². The van der Waals surface area contributed by atoms with Gasteiger partial charge in [0.15, 0.2) is 0 Å². The van der Waals surface area contributed by atoms with Gasteiger partial charge >= 0.3 is 0 Å². The lowest BCUT2D eigenvalue weighted by atomic mass is 10.1. The second kappa shape index (κ2) is 6.99. The van der Waals surface area contributed by atoms with Gasteiger partial charge in [0.25, 0.3) is 0 Å². The average Bonchev–Trinajstić information content (AvgIpc) is 2.89. The Bertz CT molecular complexity index is 413. The summed E-state index contributed by atoms with van der Waals surface area (Å²) in [5.74, 6) is 1.25. The summed E-state index contributed by atoms with van der Waals surface area (Å²) >= 11 is 9.69. The fraction of sp³-hybridized carbons (Fsp3) is 0.625. The van der Waals surface area contributed by atoms with Gasteiger partial charge in [0, 0.05) is 28.6 Å². The van der Waals surface area contributed by atoms with Crippen LogP contribution in [0.25, 0.3) is 0 Å². The molecule has 0 unspecified atom stereocenters. The molecule has 0 bridgehead atoms. The van der Waals surface area contributed by atoms with Gasteiger partial charge in [0.05, 0.1) is 0 Å². The standard InChI is InChI=1S/C16H23BrClN/c1-12(2)11-19(15-5-3-4-6-15)16-8-7-14(17)9-13(16)10-18/h7-9,12,15H,3-6,10-11H2,1-2H3. The van der Waals surface area contributed by atoms with Crippen LogP contribution in [0.5, 0.6) is 0 Å². The number of halogens is 2. The SMILES string of the molecule is CC(C)CN(c1ccc(Br)cc1CCl)C1CCCC1. The lowest BCUT2D eigenvalue weighted by molar-refractivity contribution is 0.535.